The highest BCUT2D eigenvalue weighted by molar-refractivity contribution is 7.99. The molecule has 5 rings (SSSR count). The molecule has 0 radical (unpaired) electrons. The van der Waals surface area contributed by atoms with Gasteiger partial charge in [-0.1, -0.05) is 36.0 Å². The minimum absolute atomic E-state index is 0.156. The highest BCUT2D eigenvalue weighted by Crippen LogP contribution is 2.39. The predicted molar refractivity (Wildman–Crippen MR) is 108 cm³/mol. The lowest BCUT2D eigenvalue weighted by Gasteiger charge is -2.18. The van der Waals surface area contributed by atoms with Gasteiger partial charge in [0.15, 0.2) is 11.6 Å². The predicted octanol–water partition coefficient (Wildman–Crippen LogP) is 4.63. The van der Waals surface area contributed by atoms with Gasteiger partial charge in [-0.3, -0.25) is 9.59 Å². The number of carbonyl (C=O) groups excluding carboxylic acids is 2. The van der Waals surface area contributed by atoms with Gasteiger partial charge in [0.25, 0.3) is 0 Å². The molecule has 0 aliphatic heterocycles. The zero-order valence-electron chi connectivity index (χ0n) is 14.6. The van der Waals surface area contributed by atoms with Gasteiger partial charge in [-0.15, -0.1) is 0 Å². The minimum atomic E-state index is -0.177. The fraction of sp³-hybridized carbons (Fsp3) is 0.0476. The lowest BCUT2D eigenvalue weighted by Crippen LogP contribution is -2.21. The number of fused-ring (bicyclic) bond motifs is 4. The second-order valence-electron chi connectivity index (χ2n) is 6.24. The second kappa shape index (κ2) is 6.54. The van der Waals surface area contributed by atoms with Crippen molar-refractivity contribution < 1.29 is 14.3 Å². The Morgan fingerprint density at radius 2 is 1.54 bits per heavy atom. The van der Waals surface area contributed by atoms with Crippen LogP contribution in [0.2, 0.25) is 0 Å². The van der Waals surface area contributed by atoms with Crippen LogP contribution in [0.25, 0.3) is 11.0 Å². The quantitative estimate of drug-likeness (QED) is 0.437. The maximum atomic E-state index is 13.1. The molecule has 136 valence electrons. The van der Waals surface area contributed by atoms with Crippen LogP contribution in [0.1, 0.15) is 31.8 Å². The number of hydrogen-bond donors (Lipinski definition) is 0. The molecule has 28 heavy (non-hydrogen) atoms. The molecule has 5 nitrogen and oxygen atoms in total. The number of benzene rings is 3. The monoisotopic (exact) mass is 404 g/mol. The Labute approximate surface area is 168 Å². The lowest BCUT2D eigenvalue weighted by molar-refractivity contribution is 0.0980. The van der Waals surface area contributed by atoms with Crippen molar-refractivity contribution in [3.05, 3.63) is 76.9 Å². The maximum absolute atomic E-state index is 13.1. The number of ether oxygens (including phenoxy) is 1. The Balaban J connectivity index is 1.68. The van der Waals surface area contributed by atoms with Crippen LogP contribution in [0.3, 0.4) is 0 Å². The molecular weight excluding hydrogens is 392 g/mol. The summed E-state index contributed by atoms with van der Waals surface area (Å²) in [7, 11) is 1.62. The van der Waals surface area contributed by atoms with E-state index in [1.54, 1.807) is 37.4 Å². The van der Waals surface area contributed by atoms with Gasteiger partial charge in [-0.25, -0.2) is 0 Å². The van der Waals surface area contributed by atoms with E-state index < -0.39 is 0 Å². The third-order valence-electron chi connectivity index (χ3n) is 4.68. The number of ketones is 2. The molecule has 4 aromatic rings. The van der Waals surface area contributed by atoms with E-state index in [-0.39, 0.29) is 11.6 Å². The Kier molecular flexibility index (Phi) is 3.99. The standard InChI is InChI=1S/C21H12N2O3S2/c1-26-11-6-8-12(9-7-11)27-16-10-15-17(19-18(16)22-28-23-19)21(25)14-5-3-2-4-13(14)20(15)24/h2-10H,1H3. The highest BCUT2D eigenvalue weighted by atomic mass is 32.2. The van der Waals surface area contributed by atoms with Gasteiger partial charge in [0.1, 0.15) is 16.8 Å². The first kappa shape index (κ1) is 17.1. The van der Waals surface area contributed by atoms with Crippen molar-refractivity contribution in [1.82, 2.24) is 8.75 Å². The Morgan fingerprint density at radius 1 is 0.857 bits per heavy atom. The van der Waals surface area contributed by atoms with Gasteiger partial charge >= 0.3 is 0 Å². The summed E-state index contributed by atoms with van der Waals surface area (Å²) in [6.45, 7) is 0. The number of carbonyl (C=O) groups is 2. The lowest BCUT2D eigenvalue weighted by atomic mass is 9.83. The van der Waals surface area contributed by atoms with Crippen LogP contribution in [0.4, 0.5) is 0 Å². The number of nitrogens with zero attached hydrogens (tertiary/aromatic N) is 2. The molecule has 0 N–H and O–H groups in total. The smallest absolute Gasteiger partial charge is 0.196 e. The van der Waals surface area contributed by atoms with Crippen molar-refractivity contribution >= 4 is 46.1 Å². The van der Waals surface area contributed by atoms with E-state index in [1.807, 2.05) is 24.3 Å². The van der Waals surface area contributed by atoms with Crippen LogP contribution in [-0.4, -0.2) is 27.4 Å². The van der Waals surface area contributed by atoms with Crippen molar-refractivity contribution in [2.24, 2.45) is 0 Å². The Morgan fingerprint density at radius 3 is 2.25 bits per heavy atom. The molecule has 0 spiro atoms. The average Bonchev–Trinajstić information content (AvgIpc) is 3.22. The van der Waals surface area contributed by atoms with Crippen molar-refractivity contribution in [2.75, 3.05) is 7.11 Å². The third kappa shape index (κ3) is 2.55. The molecule has 0 unspecified atom stereocenters. The van der Waals surface area contributed by atoms with Crippen molar-refractivity contribution in [3.63, 3.8) is 0 Å². The van der Waals surface area contributed by atoms with Gasteiger partial charge in [-0.2, -0.15) is 8.75 Å². The summed E-state index contributed by atoms with van der Waals surface area (Å²) in [6.07, 6.45) is 0. The van der Waals surface area contributed by atoms with Crippen LogP contribution < -0.4 is 4.74 Å². The van der Waals surface area contributed by atoms with E-state index in [1.165, 1.54) is 11.8 Å². The topological polar surface area (TPSA) is 69.2 Å². The first-order valence-corrected chi connectivity index (χ1v) is 10.0. The van der Waals surface area contributed by atoms with Gasteiger partial charge < -0.3 is 4.74 Å². The summed E-state index contributed by atoms with van der Waals surface area (Å²) in [5, 5.41) is 0. The fourth-order valence-electron chi connectivity index (χ4n) is 3.33. The first-order chi connectivity index (χ1) is 13.7. The third-order valence-corrected chi connectivity index (χ3v) is 6.25. The first-order valence-electron chi connectivity index (χ1n) is 8.47. The van der Waals surface area contributed by atoms with Crippen LogP contribution in [0.5, 0.6) is 5.75 Å². The molecule has 0 atom stereocenters. The number of hydrogen-bond acceptors (Lipinski definition) is 7. The average molecular weight is 404 g/mol. The number of methoxy groups -OCH3 is 1. The minimum Gasteiger partial charge on any atom is -0.497 e. The zero-order chi connectivity index (χ0) is 19.3. The molecule has 3 aromatic carbocycles. The molecule has 0 bridgehead atoms. The number of rotatable bonds is 3. The van der Waals surface area contributed by atoms with Gasteiger partial charge in [0.2, 0.25) is 0 Å². The van der Waals surface area contributed by atoms with Crippen molar-refractivity contribution in [2.45, 2.75) is 9.79 Å². The Bertz CT molecular complexity index is 1260. The Hall–Kier alpha value is -3.03. The normalized spacial score (nSPS) is 12.8. The molecule has 1 heterocycles. The van der Waals surface area contributed by atoms with Crippen LogP contribution in [0, 0.1) is 0 Å². The van der Waals surface area contributed by atoms with E-state index in [9.17, 15) is 9.59 Å². The molecule has 7 heteroatoms. The summed E-state index contributed by atoms with van der Waals surface area (Å²) in [4.78, 5) is 27.9. The van der Waals surface area contributed by atoms with Gasteiger partial charge in [-0.05, 0) is 30.3 Å². The van der Waals surface area contributed by atoms with Crippen LogP contribution in [0.15, 0.2) is 64.4 Å². The second-order valence-corrected chi connectivity index (χ2v) is 7.88. The SMILES string of the molecule is COc1ccc(Sc2cc3c(c4nsnc24)C(=O)c2ccccc2C3=O)cc1. The molecular formula is C21H12N2O3S2. The zero-order valence-corrected chi connectivity index (χ0v) is 16.3. The molecule has 0 fully saturated rings. The van der Waals surface area contributed by atoms with E-state index >= 15 is 0 Å². The molecule has 1 aliphatic rings. The molecule has 0 amide bonds. The van der Waals surface area contributed by atoms with Gasteiger partial charge in [0.05, 0.1) is 24.4 Å². The van der Waals surface area contributed by atoms with Gasteiger partial charge in [0, 0.05) is 26.5 Å². The molecule has 0 saturated carbocycles. The summed E-state index contributed by atoms with van der Waals surface area (Å²) in [6, 6.07) is 16.3. The summed E-state index contributed by atoms with van der Waals surface area (Å²) in [5.41, 5.74) is 2.73. The van der Waals surface area contributed by atoms with Crippen LogP contribution in [-0.2, 0) is 0 Å². The molecule has 1 aromatic heterocycles. The molecule has 1 aliphatic carbocycles. The van der Waals surface area contributed by atoms with E-state index in [0.717, 1.165) is 27.3 Å². The summed E-state index contributed by atoms with van der Waals surface area (Å²) >= 11 is 2.53. The van der Waals surface area contributed by atoms with E-state index in [4.69, 9.17) is 4.74 Å². The number of aromatic nitrogens is 2. The highest BCUT2D eigenvalue weighted by Gasteiger charge is 2.33. The fourth-order valence-corrected chi connectivity index (χ4v) is 4.90. The van der Waals surface area contributed by atoms with Crippen LogP contribution >= 0.6 is 23.5 Å². The molecule has 0 saturated heterocycles. The van der Waals surface area contributed by atoms with E-state index in [0.29, 0.717) is 33.3 Å². The summed E-state index contributed by atoms with van der Waals surface area (Å²) < 4.78 is 13.9. The van der Waals surface area contributed by atoms with Crippen molar-refractivity contribution in [1.29, 1.82) is 0 Å². The largest absolute Gasteiger partial charge is 0.497 e. The maximum Gasteiger partial charge on any atom is 0.196 e. The summed E-state index contributed by atoms with van der Waals surface area (Å²) in [5.74, 6) is 0.438. The van der Waals surface area contributed by atoms with E-state index in [2.05, 4.69) is 8.75 Å². The van der Waals surface area contributed by atoms with Crippen molar-refractivity contribution in [3.8, 4) is 5.75 Å².